The summed E-state index contributed by atoms with van der Waals surface area (Å²) in [6.45, 7) is 5.79. The molecule has 3 N–H and O–H groups in total. The maximum atomic E-state index is 12.9. The maximum absolute atomic E-state index is 12.9. The van der Waals surface area contributed by atoms with Crippen molar-refractivity contribution in [3.8, 4) is 11.1 Å². The summed E-state index contributed by atoms with van der Waals surface area (Å²) in [5.41, 5.74) is 5.54. The van der Waals surface area contributed by atoms with Crippen molar-refractivity contribution in [3.05, 3.63) is 41.7 Å². The van der Waals surface area contributed by atoms with Crippen molar-refractivity contribution in [1.29, 1.82) is 0 Å². The first-order chi connectivity index (χ1) is 13.4. The molecule has 1 fully saturated rings. The van der Waals surface area contributed by atoms with Gasteiger partial charge >= 0.3 is 0 Å². The second-order valence-electron chi connectivity index (χ2n) is 7.92. The lowest BCUT2D eigenvalue weighted by atomic mass is 9.83. The molecule has 2 aromatic rings. The third kappa shape index (κ3) is 3.23. The van der Waals surface area contributed by atoms with Crippen LogP contribution in [-0.4, -0.2) is 49.0 Å². The fraction of sp³-hybridized carbons (Fsp3) is 0.476. The zero-order chi connectivity index (χ0) is 19.9. The van der Waals surface area contributed by atoms with Crippen molar-refractivity contribution in [2.45, 2.75) is 38.0 Å². The number of hydrogen-bond acceptors (Lipinski definition) is 6. The predicted octanol–water partition coefficient (Wildman–Crippen LogP) is 2.76. The highest BCUT2D eigenvalue weighted by molar-refractivity contribution is 5.75. The van der Waals surface area contributed by atoms with E-state index in [0.29, 0.717) is 31.0 Å². The lowest BCUT2D eigenvalue weighted by molar-refractivity contribution is 0.0237. The number of ether oxygens (including phenoxy) is 1. The molecule has 0 saturated carbocycles. The van der Waals surface area contributed by atoms with E-state index in [-0.39, 0.29) is 12.1 Å². The van der Waals surface area contributed by atoms with Crippen molar-refractivity contribution in [2.75, 3.05) is 37.2 Å². The van der Waals surface area contributed by atoms with Gasteiger partial charge in [-0.2, -0.15) is 0 Å². The Morgan fingerprint density at radius 3 is 2.93 bits per heavy atom. The first-order valence-corrected chi connectivity index (χ1v) is 9.67. The summed E-state index contributed by atoms with van der Waals surface area (Å²) in [6, 6.07) is 7.64. The quantitative estimate of drug-likeness (QED) is 0.705. The van der Waals surface area contributed by atoms with Gasteiger partial charge in [0, 0.05) is 30.8 Å². The van der Waals surface area contributed by atoms with Crippen LogP contribution in [0.4, 0.5) is 15.9 Å². The fourth-order valence-electron chi connectivity index (χ4n) is 4.42. The number of fused-ring (bicyclic) bond motifs is 3. The van der Waals surface area contributed by atoms with Crippen LogP contribution < -0.4 is 15.8 Å². The first kappa shape index (κ1) is 19.1. The monoisotopic (exact) mass is 386 g/mol. The fourth-order valence-corrected chi connectivity index (χ4v) is 4.42. The van der Waals surface area contributed by atoms with Gasteiger partial charge < -0.3 is 20.1 Å². The Bertz CT molecular complexity index is 873. The van der Waals surface area contributed by atoms with Gasteiger partial charge in [0.15, 0.2) is 0 Å². The van der Waals surface area contributed by atoms with Crippen LogP contribution in [0.3, 0.4) is 0 Å². The number of likely N-dealkylation sites (N-methyl/N-ethyl adjacent to an activating group) is 1. The minimum atomic E-state index is -1.02. The number of pyridine rings is 1. The molecule has 1 saturated heterocycles. The van der Waals surface area contributed by atoms with Crippen LogP contribution in [0.1, 0.15) is 24.6 Å². The average molecular weight is 386 g/mol. The summed E-state index contributed by atoms with van der Waals surface area (Å²) < 4.78 is 18.7. The number of aryl methyl sites for hydroxylation is 1. The number of halogens is 1. The molecule has 1 aromatic carbocycles. The highest BCUT2D eigenvalue weighted by atomic mass is 19.2. The Hall–Kier alpha value is -2.22. The summed E-state index contributed by atoms with van der Waals surface area (Å²) in [4.78, 5) is 6.95. The average Bonchev–Trinajstić information content (AvgIpc) is 2.89. The number of benzene rings is 1. The van der Waals surface area contributed by atoms with Gasteiger partial charge in [-0.15, -0.1) is 4.48 Å². The molecule has 0 bridgehead atoms. The van der Waals surface area contributed by atoms with Crippen LogP contribution in [0.5, 0.6) is 0 Å². The van der Waals surface area contributed by atoms with Gasteiger partial charge in [0.05, 0.1) is 36.3 Å². The standard InChI is InChI=1S/C21H27FN4O2/c1-13-4-5-15(25-22)9-16(13)14-8-18-20(24-11-14)21(2,27)10-19-17(23-3)12-28-7-6-26(18)19/h4-5,8-9,11,17,19,23,25,27H,6-7,10,12H2,1-3H3. The third-order valence-electron chi connectivity index (χ3n) is 5.96. The molecule has 2 aliphatic heterocycles. The number of nitrogens with one attached hydrogen (secondary N) is 2. The molecule has 6 nitrogen and oxygen atoms in total. The Morgan fingerprint density at radius 1 is 1.36 bits per heavy atom. The molecule has 0 radical (unpaired) electrons. The molecule has 0 spiro atoms. The van der Waals surface area contributed by atoms with E-state index < -0.39 is 5.60 Å². The number of nitrogens with zero attached hydrogens (tertiary/aromatic N) is 2. The Morgan fingerprint density at radius 2 is 2.18 bits per heavy atom. The molecule has 0 amide bonds. The summed E-state index contributed by atoms with van der Waals surface area (Å²) in [6.07, 6.45) is 2.35. The zero-order valence-electron chi connectivity index (χ0n) is 16.5. The van der Waals surface area contributed by atoms with E-state index in [9.17, 15) is 9.59 Å². The molecule has 4 rings (SSSR count). The lowest BCUT2D eigenvalue weighted by Gasteiger charge is -2.45. The highest BCUT2D eigenvalue weighted by Crippen LogP contribution is 2.43. The van der Waals surface area contributed by atoms with E-state index in [1.54, 1.807) is 23.9 Å². The molecular formula is C21H27FN4O2. The zero-order valence-corrected chi connectivity index (χ0v) is 16.5. The summed E-state index contributed by atoms with van der Waals surface area (Å²) >= 11 is 0. The van der Waals surface area contributed by atoms with Gasteiger partial charge in [-0.05, 0) is 50.2 Å². The van der Waals surface area contributed by atoms with Gasteiger partial charge in [0.1, 0.15) is 5.60 Å². The van der Waals surface area contributed by atoms with Crippen molar-refractivity contribution in [2.24, 2.45) is 0 Å². The number of rotatable bonds is 3. The second kappa shape index (κ2) is 7.31. The van der Waals surface area contributed by atoms with E-state index in [1.807, 2.05) is 27.0 Å². The molecular weight excluding hydrogens is 359 g/mol. The molecule has 3 heterocycles. The number of aliphatic hydroxyl groups is 1. The normalized spacial score (nSPS) is 27.0. The Balaban J connectivity index is 1.84. The summed E-state index contributed by atoms with van der Waals surface area (Å²) in [7, 11) is 1.93. The minimum Gasteiger partial charge on any atom is -0.384 e. The minimum absolute atomic E-state index is 0.104. The molecule has 1 aromatic heterocycles. The lowest BCUT2D eigenvalue weighted by Crippen LogP contribution is -2.56. The van der Waals surface area contributed by atoms with Crippen LogP contribution in [0.25, 0.3) is 11.1 Å². The predicted molar refractivity (Wildman–Crippen MR) is 108 cm³/mol. The molecule has 7 heteroatoms. The van der Waals surface area contributed by atoms with Gasteiger partial charge in [-0.3, -0.25) is 4.98 Å². The van der Waals surface area contributed by atoms with E-state index in [2.05, 4.69) is 21.3 Å². The number of aromatic nitrogens is 1. The molecule has 0 aliphatic carbocycles. The van der Waals surface area contributed by atoms with Crippen LogP contribution >= 0.6 is 0 Å². The SMILES string of the molecule is CNC1COCCN2c3cc(-c4cc(NF)ccc4C)cnc3C(C)(O)CC12. The second-order valence-corrected chi connectivity index (χ2v) is 7.92. The summed E-state index contributed by atoms with van der Waals surface area (Å²) in [5, 5.41) is 14.5. The Labute approximate surface area is 164 Å². The van der Waals surface area contributed by atoms with Gasteiger partial charge in [-0.1, -0.05) is 6.07 Å². The third-order valence-corrected chi connectivity index (χ3v) is 5.96. The molecule has 3 atom stereocenters. The Kier molecular flexibility index (Phi) is 4.99. The smallest absolute Gasteiger partial charge is 0.108 e. The largest absolute Gasteiger partial charge is 0.384 e. The van der Waals surface area contributed by atoms with E-state index >= 15 is 0 Å². The highest BCUT2D eigenvalue weighted by Gasteiger charge is 2.44. The van der Waals surface area contributed by atoms with Crippen molar-refractivity contribution in [1.82, 2.24) is 10.3 Å². The summed E-state index contributed by atoms with van der Waals surface area (Å²) in [5.74, 6) is 0. The van der Waals surface area contributed by atoms with Gasteiger partial charge in [-0.25, -0.2) is 5.54 Å². The van der Waals surface area contributed by atoms with Crippen molar-refractivity contribution in [3.63, 3.8) is 0 Å². The first-order valence-electron chi connectivity index (χ1n) is 9.67. The van der Waals surface area contributed by atoms with Crippen LogP contribution in [-0.2, 0) is 10.3 Å². The van der Waals surface area contributed by atoms with Gasteiger partial charge in [0.2, 0.25) is 0 Å². The van der Waals surface area contributed by atoms with Crippen molar-refractivity contribution < 1.29 is 14.3 Å². The van der Waals surface area contributed by atoms with Crippen LogP contribution in [0, 0.1) is 6.92 Å². The van der Waals surface area contributed by atoms with Crippen molar-refractivity contribution >= 4 is 11.4 Å². The molecule has 150 valence electrons. The molecule has 28 heavy (non-hydrogen) atoms. The van der Waals surface area contributed by atoms with E-state index in [0.717, 1.165) is 28.9 Å². The number of hydrogen-bond donors (Lipinski definition) is 3. The van der Waals surface area contributed by atoms with E-state index in [1.165, 1.54) is 0 Å². The van der Waals surface area contributed by atoms with Gasteiger partial charge in [0.25, 0.3) is 0 Å². The topological polar surface area (TPSA) is 69.7 Å². The van der Waals surface area contributed by atoms with Crippen LogP contribution in [0.15, 0.2) is 30.5 Å². The molecule has 2 aliphatic rings. The maximum Gasteiger partial charge on any atom is 0.108 e. The number of anilines is 2. The molecule has 3 unspecified atom stereocenters. The van der Waals surface area contributed by atoms with E-state index in [4.69, 9.17) is 4.74 Å². The van der Waals surface area contributed by atoms with Crippen LogP contribution in [0.2, 0.25) is 0 Å².